The van der Waals surface area contributed by atoms with Gasteiger partial charge >= 0.3 is 0 Å². The van der Waals surface area contributed by atoms with E-state index in [0.717, 1.165) is 23.0 Å². The van der Waals surface area contributed by atoms with Crippen LogP contribution >= 0.6 is 12.2 Å². The van der Waals surface area contributed by atoms with Crippen molar-refractivity contribution in [1.29, 1.82) is 0 Å². The largest absolute Gasteiger partial charge is 0.352 e. The zero-order valence-electron chi connectivity index (χ0n) is 16.4. The molecule has 0 radical (unpaired) electrons. The van der Waals surface area contributed by atoms with Crippen molar-refractivity contribution < 1.29 is 0 Å². The lowest BCUT2D eigenvalue weighted by atomic mass is 10.0. The lowest BCUT2D eigenvalue weighted by molar-refractivity contribution is 0.302. The van der Waals surface area contributed by atoms with E-state index in [1.165, 1.54) is 11.3 Å². The first-order chi connectivity index (χ1) is 14.8. The number of pyridine rings is 1. The maximum absolute atomic E-state index is 5.81. The Labute approximate surface area is 181 Å². The lowest BCUT2D eigenvalue weighted by Gasteiger charge is -2.29. The van der Waals surface area contributed by atoms with E-state index in [-0.39, 0.29) is 12.1 Å². The first-order valence-electron chi connectivity index (χ1n) is 10.1. The highest BCUT2D eigenvalue weighted by molar-refractivity contribution is 7.80. The SMILES string of the molecule is S=C1N[C@H](c2ccccn2)[C@H](c2cccn2-c2ccccc2)N1Cc1ccccc1. The Hall–Kier alpha value is -3.44. The van der Waals surface area contributed by atoms with Crippen LogP contribution in [0.5, 0.6) is 0 Å². The molecule has 1 aliphatic rings. The normalized spacial score (nSPS) is 18.4. The number of benzene rings is 2. The Balaban J connectivity index is 1.60. The van der Waals surface area contributed by atoms with Gasteiger partial charge in [0.05, 0.1) is 17.8 Å². The number of nitrogens with zero attached hydrogens (tertiary/aromatic N) is 3. The number of rotatable bonds is 5. The third-order valence-electron chi connectivity index (χ3n) is 5.51. The highest BCUT2D eigenvalue weighted by Gasteiger charge is 2.41. The van der Waals surface area contributed by atoms with E-state index >= 15 is 0 Å². The number of hydrogen-bond acceptors (Lipinski definition) is 2. The molecule has 0 aliphatic carbocycles. The van der Waals surface area contributed by atoms with Gasteiger partial charge < -0.3 is 14.8 Å². The minimum atomic E-state index is -0.0280. The number of nitrogens with one attached hydrogen (secondary N) is 1. The molecule has 0 amide bonds. The second-order valence-electron chi connectivity index (χ2n) is 7.38. The van der Waals surface area contributed by atoms with Crippen molar-refractivity contribution in [3.63, 3.8) is 0 Å². The quantitative estimate of drug-likeness (QED) is 0.467. The smallest absolute Gasteiger partial charge is 0.170 e. The molecule has 1 saturated heterocycles. The van der Waals surface area contributed by atoms with Crippen molar-refractivity contribution in [1.82, 2.24) is 19.8 Å². The second-order valence-corrected chi connectivity index (χ2v) is 7.77. The van der Waals surface area contributed by atoms with Crippen LogP contribution in [-0.4, -0.2) is 19.6 Å². The van der Waals surface area contributed by atoms with Gasteiger partial charge in [-0.2, -0.15) is 0 Å². The van der Waals surface area contributed by atoms with Gasteiger partial charge in [-0.3, -0.25) is 4.98 Å². The van der Waals surface area contributed by atoms with Gasteiger partial charge in [0.2, 0.25) is 0 Å². The van der Waals surface area contributed by atoms with Crippen molar-refractivity contribution in [2.45, 2.75) is 18.6 Å². The fraction of sp³-hybridized carbons (Fsp3) is 0.120. The monoisotopic (exact) mass is 410 g/mol. The van der Waals surface area contributed by atoms with Crippen LogP contribution in [0.25, 0.3) is 5.69 Å². The number of hydrogen-bond donors (Lipinski definition) is 1. The summed E-state index contributed by atoms with van der Waals surface area (Å²) < 4.78 is 2.24. The maximum Gasteiger partial charge on any atom is 0.170 e. The zero-order valence-corrected chi connectivity index (χ0v) is 17.2. The first-order valence-corrected chi connectivity index (χ1v) is 10.5. The third-order valence-corrected chi connectivity index (χ3v) is 5.86. The molecule has 5 heteroatoms. The summed E-state index contributed by atoms with van der Waals surface area (Å²) in [4.78, 5) is 6.92. The van der Waals surface area contributed by atoms with Gasteiger partial charge in [0, 0.05) is 30.3 Å². The minimum absolute atomic E-state index is 0.0165. The van der Waals surface area contributed by atoms with Crippen LogP contribution in [0.15, 0.2) is 103 Å². The molecule has 148 valence electrons. The third kappa shape index (κ3) is 3.48. The van der Waals surface area contributed by atoms with Gasteiger partial charge in [0.15, 0.2) is 5.11 Å². The lowest BCUT2D eigenvalue weighted by Crippen LogP contribution is -2.30. The van der Waals surface area contributed by atoms with Crippen LogP contribution < -0.4 is 5.32 Å². The Morgan fingerprint density at radius 3 is 2.30 bits per heavy atom. The first kappa shape index (κ1) is 18.6. The van der Waals surface area contributed by atoms with Gasteiger partial charge in [-0.05, 0) is 54.2 Å². The Morgan fingerprint density at radius 1 is 0.833 bits per heavy atom. The number of aromatic nitrogens is 2. The van der Waals surface area contributed by atoms with Crippen LogP contribution in [-0.2, 0) is 6.54 Å². The standard InChI is InChI=1S/C25H22N4S/c30-25-27-23(21-14-7-8-16-26-21)24(29(25)18-19-10-3-1-4-11-19)22-15-9-17-28(22)20-12-5-2-6-13-20/h1-17,23-24H,18H2,(H,27,30)/t23-,24+/m1/s1. The predicted octanol–water partition coefficient (Wildman–Crippen LogP) is 5.05. The van der Waals surface area contributed by atoms with Crippen LogP contribution in [0.4, 0.5) is 0 Å². The molecule has 30 heavy (non-hydrogen) atoms. The van der Waals surface area contributed by atoms with E-state index in [2.05, 4.69) is 92.7 Å². The van der Waals surface area contributed by atoms with Gasteiger partial charge in [0.25, 0.3) is 0 Å². The minimum Gasteiger partial charge on any atom is -0.352 e. The van der Waals surface area contributed by atoms with Gasteiger partial charge in [-0.1, -0.05) is 54.6 Å². The fourth-order valence-electron chi connectivity index (χ4n) is 4.14. The molecule has 5 rings (SSSR count). The molecule has 2 aromatic carbocycles. The second kappa shape index (κ2) is 8.13. The molecule has 1 N–H and O–H groups in total. The van der Waals surface area contributed by atoms with Gasteiger partial charge in [0.1, 0.15) is 0 Å². The van der Waals surface area contributed by atoms with E-state index in [0.29, 0.717) is 0 Å². The van der Waals surface area contributed by atoms with Gasteiger partial charge in [-0.25, -0.2) is 0 Å². The molecule has 1 aliphatic heterocycles. The van der Waals surface area contributed by atoms with E-state index in [4.69, 9.17) is 12.2 Å². The van der Waals surface area contributed by atoms with Gasteiger partial charge in [-0.15, -0.1) is 0 Å². The Bertz CT molecular complexity index is 1130. The molecule has 3 heterocycles. The summed E-state index contributed by atoms with van der Waals surface area (Å²) in [5.41, 5.74) is 4.53. The molecule has 4 aromatic rings. The predicted molar refractivity (Wildman–Crippen MR) is 123 cm³/mol. The molecule has 2 aromatic heterocycles. The number of para-hydroxylation sites is 1. The molecule has 0 saturated carbocycles. The van der Waals surface area contributed by atoms with Crippen LogP contribution in [0.1, 0.15) is 29.0 Å². The average molecular weight is 411 g/mol. The molecule has 0 unspecified atom stereocenters. The summed E-state index contributed by atoms with van der Waals surface area (Å²) >= 11 is 5.81. The summed E-state index contributed by atoms with van der Waals surface area (Å²) in [7, 11) is 0. The van der Waals surface area contributed by atoms with Crippen LogP contribution in [0.3, 0.4) is 0 Å². The maximum atomic E-state index is 5.81. The fourth-order valence-corrected chi connectivity index (χ4v) is 4.44. The van der Waals surface area contributed by atoms with E-state index in [9.17, 15) is 0 Å². The highest BCUT2D eigenvalue weighted by Crippen LogP contribution is 2.40. The number of thiocarbonyl (C=S) groups is 1. The van der Waals surface area contributed by atoms with Crippen molar-refractivity contribution in [2.75, 3.05) is 0 Å². The molecule has 0 spiro atoms. The summed E-state index contributed by atoms with van der Waals surface area (Å²) in [5, 5.41) is 4.29. The van der Waals surface area contributed by atoms with Crippen LogP contribution in [0, 0.1) is 0 Å². The summed E-state index contributed by atoms with van der Waals surface area (Å²) in [6.45, 7) is 0.737. The van der Waals surface area contributed by atoms with E-state index in [1.807, 2.05) is 30.5 Å². The van der Waals surface area contributed by atoms with E-state index < -0.39 is 0 Å². The molecular weight excluding hydrogens is 388 g/mol. The molecular formula is C25H22N4S. The molecule has 2 atom stereocenters. The topological polar surface area (TPSA) is 33.1 Å². The Kier molecular flexibility index (Phi) is 5.03. The van der Waals surface area contributed by atoms with Crippen molar-refractivity contribution >= 4 is 17.3 Å². The summed E-state index contributed by atoms with van der Waals surface area (Å²) in [6.07, 6.45) is 3.95. The van der Waals surface area contributed by atoms with Crippen LogP contribution in [0.2, 0.25) is 0 Å². The van der Waals surface area contributed by atoms with Crippen molar-refractivity contribution in [2.24, 2.45) is 0 Å². The summed E-state index contributed by atoms with van der Waals surface area (Å²) in [6, 6.07) is 31.2. The van der Waals surface area contributed by atoms with E-state index in [1.54, 1.807) is 0 Å². The molecule has 4 nitrogen and oxygen atoms in total. The highest BCUT2D eigenvalue weighted by atomic mass is 32.1. The molecule has 1 fully saturated rings. The summed E-state index contributed by atoms with van der Waals surface area (Å²) in [5.74, 6) is 0. The zero-order chi connectivity index (χ0) is 20.3. The van der Waals surface area contributed by atoms with Crippen molar-refractivity contribution in [3.8, 4) is 5.69 Å². The Morgan fingerprint density at radius 2 is 1.57 bits per heavy atom. The molecule has 0 bridgehead atoms. The average Bonchev–Trinajstić information content (AvgIpc) is 3.40. The van der Waals surface area contributed by atoms with Crippen molar-refractivity contribution in [3.05, 3.63) is 120 Å².